The number of hydrogen-bond acceptors (Lipinski definition) is 5. The van der Waals surface area contributed by atoms with Crippen LogP contribution in [0.5, 0.6) is 0 Å². The molecule has 5 rings (SSSR count). The Kier molecular flexibility index (Phi) is 3.53. The Labute approximate surface area is 155 Å². The fraction of sp³-hybridized carbons (Fsp3) is 0.250. The molecule has 0 unspecified atom stereocenters. The minimum Gasteiger partial charge on any atom is -0.328 e. The second kappa shape index (κ2) is 5.92. The van der Waals surface area contributed by atoms with Crippen LogP contribution in [0.1, 0.15) is 35.7 Å². The van der Waals surface area contributed by atoms with Crippen LogP contribution in [0.15, 0.2) is 53.0 Å². The van der Waals surface area contributed by atoms with Gasteiger partial charge in [0.2, 0.25) is 5.95 Å². The Bertz CT molecular complexity index is 1010. The monoisotopic (exact) mass is 362 g/mol. The van der Waals surface area contributed by atoms with Crippen molar-refractivity contribution < 1.29 is 4.79 Å². The molecule has 1 aliphatic heterocycles. The number of hydrogen-bond donors (Lipinski definition) is 1. The zero-order valence-corrected chi connectivity index (χ0v) is 15.2. The summed E-state index contributed by atoms with van der Waals surface area (Å²) in [5.74, 6) is 1.61. The molecular formula is C20H18N4OS. The Balaban J connectivity index is 1.66. The Morgan fingerprint density at radius 3 is 2.81 bits per heavy atom. The first-order valence-electron chi connectivity index (χ1n) is 8.81. The van der Waals surface area contributed by atoms with Crippen molar-refractivity contribution in [3.63, 3.8) is 0 Å². The molecule has 130 valence electrons. The normalized spacial score (nSPS) is 19.1. The van der Waals surface area contributed by atoms with Crippen LogP contribution in [0.3, 0.4) is 0 Å². The molecule has 1 atom stereocenters. The van der Waals surface area contributed by atoms with E-state index < -0.39 is 0 Å². The number of thiophene rings is 1. The number of fused-ring (bicyclic) bond motifs is 1. The standard InChI is InChI=1S/C20H18N4OS/c1-12-7-9-13(10-8-12)19-22-20-21-14-4-2-5-15(25)17(14)18(24(20)23-19)16-6-3-11-26-16/h3,6-11,18H,2,4-5H2,1H3,(H,21,22,23)/t18-/m0/s1. The Hall–Kier alpha value is -2.73. The van der Waals surface area contributed by atoms with Crippen LogP contribution in [-0.4, -0.2) is 20.5 Å². The molecule has 0 bridgehead atoms. The van der Waals surface area contributed by atoms with Crippen LogP contribution >= 0.6 is 11.3 Å². The lowest BCUT2D eigenvalue weighted by Crippen LogP contribution is -2.31. The van der Waals surface area contributed by atoms with Gasteiger partial charge in [0.1, 0.15) is 6.04 Å². The van der Waals surface area contributed by atoms with Gasteiger partial charge in [0.25, 0.3) is 0 Å². The van der Waals surface area contributed by atoms with Gasteiger partial charge in [-0.2, -0.15) is 4.98 Å². The summed E-state index contributed by atoms with van der Waals surface area (Å²) < 4.78 is 1.88. The molecule has 3 heterocycles. The maximum absolute atomic E-state index is 12.7. The first-order chi connectivity index (χ1) is 12.7. The van der Waals surface area contributed by atoms with Gasteiger partial charge in [0, 0.05) is 28.1 Å². The van der Waals surface area contributed by atoms with Crippen LogP contribution in [0, 0.1) is 6.92 Å². The largest absolute Gasteiger partial charge is 0.328 e. The predicted molar refractivity (Wildman–Crippen MR) is 102 cm³/mol. The number of Topliss-reactive ketones (excluding diaryl/α,β-unsaturated/α-hetero) is 1. The van der Waals surface area contributed by atoms with Crippen LogP contribution in [0.25, 0.3) is 11.4 Å². The van der Waals surface area contributed by atoms with E-state index in [2.05, 4.69) is 30.4 Å². The highest BCUT2D eigenvalue weighted by Gasteiger charge is 2.37. The van der Waals surface area contributed by atoms with Gasteiger partial charge in [-0.15, -0.1) is 16.4 Å². The number of nitrogens with one attached hydrogen (secondary N) is 1. The van der Waals surface area contributed by atoms with Crippen molar-refractivity contribution in [2.24, 2.45) is 0 Å². The van der Waals surface area contributed by atoms with Gasteiger partial charge in [-0.25, -0.2) is 4.68 Å². The molecule has 2 aliphatic rings. The first kappa shape index (κ1) is 15.5. The van der Waals surface area contributed by atoms with E-state index in [4.69, 9.17) is 10.1 Å². The summed E-state index contributed by atoms with van der Waals surface area (Å²) in [6.07, 6.45) is 2.38. The first-order valence-corrected chi connectivity index (χ1v) is 9.69. The molecule has 6 heteroatoms. The molecule has 0 saturated heterocycles. The molecular weight excluding hydrogens is 344 g/mol. The van der Waals surface area contributed by atoms with E-state index in [-0.39, 0.29) is 11.8 Å². The quantitative estimate of drug-likeness (QED) is 0.737. The molecule has 5 nitrogen and oxygen atoms in total. The lowest BCUT2D eigenvalue weighted by Gasteiger charge is -2.31. The van der Waals surface area contributed by atoms with Gasteiger partial charge in [-0.05, 0) is 31.2 Å². The fourth-order valence-electron chi connectivity index (χ4n) is 3.69. The average molecular weight is 362 g/mol. The third kappa shape index (κ3) is 2.41. The summed E-state index contributed by atoms with van der Waals surface area (Å²) in [5.41, 5.74) is 4.05. The molecule has 0 amide bonds. The van der Waals surface area contributed by atoms with E-state index >= 15 is 0 Å². The van der Waals surface area contributed by atoms with E-state index in [0.717, 1.165) is 34.6 Å². The SMILES string of the molecule is Cc1ccc(-c2nc3n(n2)[C@@H](c2cccs2)C2=C(CCCC2=O)N3)cc1. The molecule has 2 aromatic heterocycles. The second-order valence-electron chi connectivity index (χ2n) is 6.78. The molecule has 0 spiro atoms. The van der Waals surface area contributed by atoms with E-state index in [0.29, 0.717) is 18.2 Å². The van der Waals surface area contributed by atoms with E-state index in [9.17, 15) is 4.79 Å². The van der Waals surface area contributed by atoms with Crippen molar-refractivity contribution in [2.75, 3.05) is 5.32 Å². The maximum atomic E-state index is 12.7. The van der Waals surface area contributed by atoms with Gasteiger partial charge in [-0.1, -0.05) is 35.9 Å². The summed E-state index contributed by atoms with van der Waals surface area (Å²) >= 11 is 1.66. The summed E-state index contributed by atoms with van der Waals surface area (Å²) in [6, 6.07) is 12.1. The summed E-state index contributed by atoms with van der Waals surface area (Å²) in [4.78, 5) is 18.6. The van der Waals surface area contributed by atoms with Crippen molar-refractivity contribution in [3.05, 3.63) is 63.5 Å². The molecule has 0 radical (unpaired) electrons. The number of rotatable bonds is 2. The minimum atomic E-state index is -0.180. The fourth-order valence-corrected chi connectivity index (χ4v) is 4.51. The molecule has 0 fully saturated rings. The van der Waals surface area contributed by atoms with Gasteiger partial charge in [0.15, 0.2) is 11.6 Å². The van der Waals surface area contributed by atoms with Crippen molar-refractivity contribution in [1.82, 2.24) is 14.8 Å². The highest BCUT2D eigenvalue weighted by molar-refractivity contribution is 7.10. The minimum absolute atomic E-state index is 0.180. The Morgan fingerprint density at radius 1 is 1.19 bits per heavy atom. The van der Waals surface area contributed by atoms with Crippen LogP contribution in [-0.2, 0) is 4.79 Å². The maximum Gasteiger partial charge on any atom is 0.226 e. The van der Waals surface area contributed by atoms with E-state index in [1.807, 2.05) is 28.3 Å². The Morgan fingerprint density at radius 2 is 2.04 bits per heavy atom. The number of aromatic nitrogens is 3. The number of nitrogens with zero attached hydrogens (tertiary/aromatic N) is 3. The highest BCUT2D eigenvalue weighted by Crippen LogP contribution is 2.41. The highest BCUT2D eigenvalue weighted by atomic mass is 32.1. The smallest absolute Gasteiger partial charge is 0.226 e. The molecule has 1 aromatic carbocycles. The number of aryl methyl sites for hydroxylation is 1. The van der Waals surface area contributed by atoms with E-state index in [1.54, 1.807) is 11.3 Å². The summed E-state index contributed by atoms with van der Waals surface area (Å²) in [7, 11) is 0. The second-order valence-corrected chi connectivity index (χ2v) is 7.76. The lowest BCUT2D eigenvalue weighted by atomic mass is 9.88. The molecule has 3 aromatic rings. The number of ketones is 1. The number of anilines is 1. The molecule has 1 aliphatic carbocycles. The van der Waals surface area contributed by atoms with Crippen molar-refractivity contribution in [3.8, 4) is 11.4 Å². The van der Waals surface area contributed by atoms with Crippen molar-refractivity contribution in [2.45, 2.75) is 32.2 Å². The molecule has 1 N–H and O–H groups in total. The zero-order valence-electron chi connectivity index (χ0n) is 14.4. The summed E-state index contributed by atoms with van der Waals surface area (Å²) in [5, 5.41) is 10.2. The number of carbonyl (C=O) groups excluding carboxylic acids is 1. The third-order valence-corrected chi connectivity index (χ3v) is 5.92. The van der Waals surface area contributed by atoms with Gasteiger partial charge in [0.05, 0.1) is 0 Å². The number of carbonyl (C=O) groups is 1. The van der Waals surface area contributed by atoms with Crippen LogP contribution < -0.4 is 5.32 Å². The van der Waals surface area contributed by atoms with Crippen LogP contribution in [0.2, 0.25) is 0 Å². The lowest BCUT2D eigenvalue weighted by molar-refractivity contribution is -0.116. The van der Waals surface area contributed by atoms with Gasteiger partial charge in [-0.3, -0.25) is 4.79 Å². The van der Waals surface area contributed by atoms with Gasteiger partial charge >= 0.3 is 0 Å². The molecule has 26 heavy (non-hydrogen) atoms. The van der Waals surface area contributed by atoms with Crippen LogP contribution in [0.4, 0.5) is 5.95 Å². The zero-order chi connectivity index (χ0) is 17.7. The predicted octanol–water partition coefficient (Wildman–Crippen LogP) is 4.34. The van der Waals surface area contributed by atoms with E-state index in [1.165, 1.54) is 5.56 Å². The number of allylic oxidation sites excluding steroid dienone is 2. The van der Waals surface area contributed by atoms with Crippen molar-refractivity contribution >= 4 is 23.1 Å². The van der Waals surface area contributed by atoms with Gasteiger partial charge < -0.3 is 5.32 Å². The van der Waals surface area contributed by atoms with Crippen molar-refractivity contribution in [1.29, 1.82) is 0 Å². The average Bonchev–Trinajstić information content (AvgIpc) is 3.30. The molecule has 0 saturated carbocycles. The summed E-state index contributed by atoms with van der Waals surface area (Å²) in [6.45, 7) is 2.06. The number of benzene rings is 1. The third-order valence-electron chi connectivity index (χ3n) is 4.99. The topological polar surface area (TPSA) is 59.8 Å².